The van der Waals surface area contributed by atoms with Crippen LogP contribution in [-0.2, 0) is 14.3 Å². The van der Waals surface area contributed by atoms with Crippen molar-refractivity contribution < 1.29 is 14.3 Å². The molecule has 7 heteroatoms. The number of hydrogen-bond donors (Lipinski definition) is 1. The van der Waals surface area contributed by atoms with Gasteiger partial charge in [-0.05, 0) is 43.7 Å². The molecule has 1 heterocycles. The van der Waals surface area contributed by atoms with Crippen molar-refractivity contribution in [3.63, 3.8) is 0 Å². The number of benzene rings is 2. The smallest absolute Gasteiger partial charge is 0.242 e. The number of hydrogen-bond acceptors (Lipinski definition) is 5. The summed E-state index contributed by atoms with van der Waals surface area (Å²) in [6, 6.07) is 15.4. The highest BCUT2D eigenvalue weighted by Gasteiger charge is 2.39. The van der Waals surface area contributed by atoms with Crippen LogP contribution in [0.2, 0.25) is 0 Å². The largest absolute Gasteiger partial charge is 0.383 e. The van der Waals surface area contributed by atoms with Gasteiger partial charge in [-0.3, -0.25) is 14.5 Å². The lowest BCUT2D eigenvalue weighted by molar-refractivity contribution is -0.128. The quantitative estimate of drug-likeness (QED) is 0.750. The second-order valence-electron chi connectivity index (χ2n) is 6.94. The lowest BCUT2D eigenvalue weighted by atomic mass is 10.2. The van der Waals surface area contributed by atoms with Gasteiger partial charge in [0.25, 0.3) is 0 Å². The number of ether oxygens (including phenoxy) is 1. The number of aryl methyl sites for hydroxylation is 2. The summed E-state index contributed by atoms with van der Waals surface area (Å²) in [6.07, 6.45) is 0.0910. The average Bonchev–Trinajstić information content (AvgIpc) is 2.96. The summed E-state index contributed by atoms with van der Waals surface area (Å²) in [7, 11) is 1.59. The molecule has 0 aliphatic carbocycles. The molecule has 0 saturated carbocycles. The predicted molar refractivity (Wildman–Crippen MR) is 118 cm³/mol. The van der Waals surface area contributed by atoms with E-state index >= 15 is 0 Å². The Morgan fingerprint density at radius 3 is 2.62 bits per heavy atom. The van der Waals surface area contributed by atoms with E-state index in [9.17, 15) is 9.59 Å². The minimum absolute atomic E-state index is 0.0910. The number of nitrogens with one attached hydrogen (secondary N) is 1. The molecule has 1 aliphatic heterocycles. The summed E-state index contributed by atoms with van der Waals surface area (Å²) >= 11 is 1.33. The van der Waals surface area contributed by atoms with Gasteiger partial charge in [0.05, 0.1) is 18.8 Å². The first-order chi connectivity index (χ1) is 14.0. The van der Waals surface area contributed by atoms with E-state index in [1.807, 2.05) is 62.4 Å². The van der Waals surface area contributed by atoms with Crippen molar-refractivity contribution in [3.8, 4) is 0 Å². The Morgan fingerprint density at radius 1 is 1.17 bits per heavy atom. The molecule has 6 nitrogen and oxygen atoms in total. The minimum atomic E-state index is -0.499. The molecule has 1 N–H and O–H groups in total. The van der Waals surface area contributed by atoms with E-state index in [0.29, 0.717) is 18.3 Å². The molecule has 0 bridgehead atoms. The van der Waals surface area contributed by atoms with Gasteiger partial charge in [-0.25, -0.2) is 4.99 Å². The number of thioether (sulfide) groups is 1. The zero-order valence-corrected chi connectivity index (χ0v) is 17.7. The number of carbonyl (C=O) groups excluding carboxylic acids is 2. The minimum Gasteiger partial charge on any atom is -0.383 e. The summed E-state index contributed by atoms with van der Waals surface area (Å²) < 4.78 is 5.14. The van der Waals surface area contributed by atoms with Crippen LogP contribution in [0.3, 0.4) is 0 Å². The van der Waals surface area contributed by atoms with Gasteiger partial charge in [-0.2, -0.15) is 0 Å². The Labute approximate surface area is 175 Å². The molecule has 0 unspecified atom stereocenters. The van der Waals surface area contributed by atoms with Crippen LogP contribution in [0.25, 0.3) is 0 Å². The van der Waals surface area contributed by atoms with Crippen molar-refractivity contribution in [3.05, 3.63) is 59.7 Å². The SMILES string of the molecule is COCCN1C(=O)[C@@H](CC(=O)Nc2ccc(C)cc2)SC1=Nc1cccc(C)c1. The van der Waals surface area contributed by atoms with Crippen molar-refractivity contribution in [1.29, 1.82) is 0 Å². The highest BCUT2D eigenvalue weighted by Crippen LogP contribution is 2.32. The molecule has 0 aromatic heterocycles. The van der Waals surface area contributed by atoms with Gasteiger partial charge >= 0.3 is 0 Å². The van der Waals surface area contributed by atoms with Crippen molar-refractivity contribution in [1.82, 2.24) is 4.90 Å². The number of amidine groups is 1. The Balaban J connectivity index is 1.73. The fourth-order valence-electron chi connectivity index (χ4n) is 2.94. The second kappa shape index (κ2) is 9.71. The third-order valence-electron chi connectivity index (χ3n) is 4.47. The maximum absolute atomic E-state index is 12.9. The summed E-state index contributed by atoms with van der Waals surface area (Å²) in [6.45, 7) is 4.80. The van der Waals surface area contributed by atoms with Crippen LogP contribution in [-0.4, -0.2) is 47.4 Å². The van der Waals surface area contributed by atoms with E-state index in [2.05, 4.69) is 10.3 Å². The van der Waals surface area contributed by atoms with Crippen molar-refractivity contribution in [2.24, 2.45) is 4.99 Å². The molecule has 2 amide bonds. The van der Waals surface area contributed by atoms with E-state index < -0.39 is 5.25 Å². The predicted octanol–water partition coefficient (Wildman–Crippen LogP) is 3.91. The Morgan fingerprint density at radius 2 is 1.93 bits per heavy atom. The monoisotopic (exact) mass is 411 g/mol. The topological polar surface area (TPSA) is 71.0 Å². The first kappa shape index (κ1) is 21.1. The number of nitrogens with zero attached hydrogens (tertiary/aromatic N) is 2. The van der Waals surface area contributed by atoms with Gasteiger partial charge in [0.2, 0.25) is 11.8 Å². The molecule has 1 atom stereocenters. The molecular formula is C22H25N3O3S. The third kappa shape index (κ3) is 5.68. The molecule has 29 heavy (non-hydrogen) atoms. The number of amides is 2. The van der Waals surface area contributed by atoms with Crippen molar-refractivity contribution in [2.75, 3.05) is 25.6 Å². The lowest BCUT2D eigenvalue weighted by Gasteiger charge is -2.15. The Hall–Kier alpha value is -2.64. The number of rotatable bonds is 7. The molecule has 2 aromatic carbocycles. The number of anilines is 1. The maximum atomic E-state index is 12.9. The maximum Gasteiger partial charge on any atom is 0.242 e. The van der Waals surface area contributed by atoms with Crippen molar-refractivity contribution >= 4 is 40.1 Å². The summed E-state index contributed by atoms with van der Waals surface area (Å²) in [5.41, 5.74) is 3.72. The fraction of sp³-hybridized carbons (Fsp3) is 0.318. The van der Waals surface area contributed by atoms with Gasteiger partial charge in [-0.15, -0.1) is 0 Å². The number of carbonyl (C=O) groups is 2. The van der Waals surface area contributed by atoms with Crippen LogP contribution in [0, 0.1) is 13.8 Å². The van der Waals surface area contributed by atoms with Gasteiger partial charge in [0, 0.05) is 19.2 Å². The highest BCUT2D eigenvalue weighted by molar-refractivity contribution is 8.15. The molecule has 2 aromatic rings. The first-order valence-electron chi connectivity index (χ1n) is 9.45. The van der Waals surface area contributed by atoms with E-state index in [4.69, 9.17) is 4.74 Å². The number of aliphatic imine (C=N–C) groups is 1. The molecule has 0 spiro atoms. The normalized spacial score (nSPS) is 17.8. The van der Waals surface area contributed by atoms with Gasteiger partial charge in [0.15, 0.2) is 5.17 Å². The highest BCUT2D eigenvalue weighted by atomic mass is 32.2. The van der Waals surface area contributed by atoms with E-state index in [1.54, 1.807) is 12.0 Å². The van der Waals surface area contributed by atoms with Crippen LogP contribution in [0.4, 0.5) is 11.4 Å². The molecule has 152 valence electrons. The molecule has 1 aliphatic rings. The van der Waals surface area contributed by atoms with Crippen LogP contribution < -0.4 is 5.32 Å². The fourth-order valence-corrected chi connectivity index (χ4v) is 4.12. The van der Waals surface area contributed by atoms with Crippen LogP contribution in [0.15, 0.2) is 53.5 Å². The average molecular weight is 412 g/mol. The van der Waals surface area contributed by atoms with Crippen LogP contribution >= 0.6 is 11.8 Å². The van der Waals surface area contributed by atoms with Crippen LogP contribution in [0.5, 0.6) is 0 Å². The lowest BCUT2D eigenvalue weighted by Crippen LogP contribution is -2.35. The zero-order chi connectivity index (χ0) is 20.8. The van der Waals surface area contributed by atoms with Gasteiger partial charge in [0.1, 0.15) is 5.25 Å². The van der Waals surface area contributed by atoms with E-state index in [-0.39, 0.29) is 18.2 Å². The van der Waals surface area contributed by atoms with Gasteiger partial charge in [-0.1, -0.05) is 41.6 Å². The summed E-state index contributed by atoms with van der Waals surface area (Å²) in [4.78, 5) is 31.6. The molecule has 1 fully saturated rings. The van der Waals surface area contributed by atoms with Crippen LogP contribution in [0.1, 0.15) is 17.5 Å². The van der Waals surface area contributed by atoms with Crippen molar-refractivity contribution in [2.45, 2.75) is 25.5 Å². The molecule has 0 radical (unpaired) electrons. The second-order valence-corrected chi connectivity index (χ2v) is 8.11. The molecule has 1 saturated heterocycles. The third-order valence-corrected chi connectivity index (χ3v) is 5.65. The van der Waals surface area contributed by atoms with Gasteiger partial charge < -0.3 is 10.1 Å². The Bertz CT molecular complexity index is 912. The standard InChI is InChI=1S/C22H25N3O3S/c1-15-7-9-17(10-8-15)23-20(26)14-19-21(27)25(11-12-28-3)22(29-19)24-18-6-4-5-16(2)13-18/h4-10,13,19H,11-12,14H2,1-3H3,(H,23,26)/t19-/m1/s1. The zero-order valence-electron chi connectivity index (χ0n) is 16.8. The first-order valence-corrected chi connectivity index (χ1v) is 10.3. The molecular weight excluding hydrogens is 386 g/mol. The molecule has 3 rings (SSSR count). The van der Waals surface area contributed by atoms with E-state index in [0.717, 1.165) is 22.5 Å². The Kier molecular flexibility index (Phi) is 7.06. The number of methoxy groups -OCH3 is 1. The van der Waals surface area contributed by atoms with E-state index in [1.165, 1.54) is 11.8 Å². The summed E-state index contributed by atoms with van der Waals surface area (Å²) in [5.74, 6) is -0.305. The summed E-state index contributed by atoms with van der Waals surface area (Å²) in [5, 5.41) is 2.96.